The molecule has 126 heavy (non-hydrogen) atoms. The van der Waals surface area contributed by atoms with E-state index >= 15 is 0 Å². The van der Waals surface area contributed by atoms with Gasteiger partial charge in [0.1, 0.15) is 34.6 Å². The topological polar surface area (TPSA) is 371 Å². The van der Waals surface area contributed by atoms with Crippen LogP contribution in [0, 0.1) is 25.7 Å². The number of aliphatic hydroxyl groups excluding tert-OH is 1. The van der Waals surface area contributed by atoms with Crippen LogP contribution in [-0.2, 0) is 102 Å². The van der Waals surface area contributed by atoms with E-state index in [-0.39, 0.29) is 59.9 Å². The van der Waals surface area contributed by atoms with Gasteiger partial charge in [-0.3, -0.25) is 28.8 Å². The molecule has 27 heteroatoms. The van der Waals surface area contributed by atoms with Crippen molar-refractivity contribution >= 4 is 47.0 Å². The van der Waals surface area contributed by atoms with Crippen LogP contribution in [0.15, 0.2) is 185 Å². The van der Waals surface area contributed by atoms with E-state index in [0.29, 0.717) is 77.1 Å². The molecule has 6 aliphatic carbocycles. The Kier molecular flexibility index (Phi) is 31.7. The number of amides is 6. The Labute approximate surface area is 738 Å². The number of halogens is 1. The number of nitrogens with one attached hydrogen (secondary N) is 6. The normalized spacial score (nSPS) is 15.6. The highest BCUT2D eigenvalue weighted by molar-refractivity contribution is 6.31. The molecule has 660 valence electrons. The average Bonchev–Trinajstić information content (AvgIpc) is 1.69. The van der Waals surface area contributed by atoms with Crippen LogP contribution in [0.5, 0.6) is 5.75 Å². The van der Waals surface area contributed by atoms with Gasteiger partial charge in [-0.15, -0.1) is 0 Å². The van der Waals surface area contributed by atoms with Crippen molar-refractivity contribution in [3.05, 3.63) is 309 Å². The maximum Gasteiger partial charge on any atom is 0.290 e. The number of phenolic OH excluding ortho intramolecular Hbond substituents is 1. The van der Waals surface area contributed by atoms with E-state index < -0.39 is 5.54 Å². The number of aromatic nitrogens is 6. The quantitative estimate of drug-likeness (QED) is 0.0351. The number of nitrogens with zero attached hydrogens (tertiary/aromatic N) is 6. The van der Waals surface area contributed by atoms with Crippen molar-refractivity contribution in [2.75, 3.05) is 6.61 Å². The first kappa shape index (κ1) is 91.2. The molecule has 6 amide bonds. The number of hydrogen-bond donors (Lipinski definition) is 8. The van der Waals surface area contributed by atoms with Gasteiger partial charge >= 0.3 is 0 Å². The number of hydrogen-bond acceptors (Lipinski definition) is 20. The van der Waals surface area contributed by atoms with Crippen molar-refractivity contribution in [2.24, 2.45) is 11.8 Å². The van der Waals surface area contributed by atoms with Gasteiger partial charge in [0.15, 0.2) is 28.5 Å². The maximum absolute atomic E-state index is 12.6. The molecule has 0 saturated heterocycles. The summed E-state index contributed by atoms with van der Waals surface area (Å²) in [4.78, 5) is 74.2. The standard InChI is InChI=1S/C18H22N2O3.3C17H20N2O2.C15H15ClN2O2.C15H16N2O3/c1-12-7-8-16-14(11-12)17(20-23-16)18(22)19-15(9-10-21)13-5-3-2-4-6-13;1-11-7-3-4-8-13(11)12(2)18-17(20)16-14-9-5-6-10-15(14)19-21-16;1-17(2,12-8-4-3-5-9-12)18-16(20)15-13-10-6-7-11-14(13)21-19-15;1-11-7-8-15-14(9-11)16(19-21-15)17(20)18-10-13-6-4-3-5-12(13)2;16-12-7-3-1-5-10(12)9-17-15(19)14-11-6-2-4-8-13(11)20-18-14;18-11-7-5-10(6-8-11)9-16-15(19)14-12-3-1-2-4-13(12)20-17-14/h2-6,12,15,21H,7-11H2,1H3,(H,19,22);3-4,7-8,12H,5-6,9-10H2,1-2H3,(H,18,20);3-5,8-9H,6-7,10-11H2,1-2H3,(H,18,20);3-6,11H,7-10H2,1-2H3,(H,18,20);1,3,5,7H,2,4,6,8-9H2,(H,17,19);5-8,18H,1-4,9H2,(H,16,19). The number of aromatic hydroxyl groups is 1. The number of rotatable bonds is 20. The summed E-state index contributed by atoms with van der Waals surface area (Å²) in [5.41, 5.74) is 16.9. The van der Waals surface area contributed by atoms with Gasteiger partial charge in [-0.2, -0.15) is 0 Å². The summed E-state index contributed by atoms with van der Waals surface area (Å²) in [6, 6.07) is 49.6. The molecule has 0 radical (unpaired) electrons. The molecule has 4 atom stereocenters. The summed E-state index contributed by atoms with van der Waals surface area (Å²) in [6.07, 6.45) is 21.9. The fraction of sp³-hybridized carbons (Fsp3) is 0.394. The minimum Gasteiger partial charge on any atom is -0.508 e. The number of carbonyl (C=O) groups is 6. The minimum atomic E-state index is -0.446. The number of carbonyl (C=O) groups excluding carboxylic acids is 6. The first-order valence-corrected chi connectivity index (χ1v) is 44.4. The van der Waals surface area contributed by atoms with Crippen LogP contribution in [0.2, 0.25) is 5.02 Å². The summed E-state index contributed by atoms with van der Waals surface area (Å²) in [5, 5.41) is 60.6. The molecule has 26 nitrogen and oxygen atoms in total. The zero-order chi connectivity index (χ0) is 88.6. The molecule has 0 saturated carbocycles. The highest BCUT2D eigenvalue weighted by atomic mass is 35.5. The monoisotopic (exact) mass is 1730 g/mol. The first-order valence-electron chi connectivity index (χ1n) is 44.0. The Morgan fingerprint density at radius 3 is 1.39 bits per heavy atom. The summed E-state index contributed by atoms with van der Waals surface area (Å²) < 4.78 is 31.7. The van der Waals surface area contributed by atoms with Crippen molar-refractivity contribution in [1.29, 1.82) is 0 Å². The van der Waals surface area contributed by atoms with Gasteiger partial charge in [0, 0.05) is 96.7 Å². The average molecular weight is 1730 g/mol. The second kappa shape index (κ2) is 43.9. The molecule has 6 aromatic carbocycles. The van der Waals surface area contributed by atoms with Crippen molar-refractivity contribution in [3.63, 3.8) is 0 Å². The van der Waals surface area contributed by atoms with E-state index in [1.807, 2.05) is 162 Å². The Hall–Kier alpha value is -12.6. The highest BCUT2D eigenvalue weighted by Gasteiger charge is 2.34. The van der Waals surface area contributed by atoms with Gasteiger partial charge in [0.05, 0.1) is 23.3 Å². The van der Waals surface area contributed by atoms with Crippen molar-refractivity contribution in [3.8, 4) is 5.75 Å². The summed E-state index contributed by atoms with van der Waals surface area (Å²) in [6.45, 7) is 15.8. The fourth-order valence-electron chi connectivity index (χ4n) is 16.7. The van der Waals surface area contributed by atoms with Crippen LogP contribution >= 0.6 is 11.6 Å². The zero-order valence-electron chi connectivity index (χ0n) is 72.8. The van der Waals surface area contributed by atoms with E-state index in [9.17, 15) is 39.0 Å². The summed E-state index contributed by atoms with van der Waals surface area (Å²) in [7, 11) is 0. The molecule has 12 aromatic rings. The van der Waals surface area contributed by atoms with Crippen molar-refractivity contribution < 1.29 is 66.1 Å². The van der Waals surface area contributed by atoms with E-state index in [4.69, 9.17) is 38.7 Å². The molecule has 18 rings (SSSR count). The predicted octanol–water partition coefficient (Wildman–Crippen LogP) is 17.6. The van der Waals surface area contributed by atoms with Gasteiger partial charge in [0.2, 0.25) is 5.76 Å². The minimum absolute atomic E-state index is 0.00774. The largest absolute Gasteiger partial charge is 0.508 e. The Balaban J connectivity index is 0.000000130. The molecule has 0 bridgehead atoms. The number of phenols is 1. The second-order valence-electron chi connectivity index (χ2n) is 33.8. The first-order chi connectivity index (χ1) is 61.1. The van der Waals surface area contributed by atoms with Crippen LogP contribution < -0.4 is 31.9 Å². The SMILES string of the molecule is CC(C)(NC(=O)c1noc2c1CCCC2)c1ccccc1.CC1CCc2onc(C(=O)NC(CCO)c3ccccc3)c2C1.Cc1ccccc1C(C)NC(=O)c1onc2c1CCCC2.Cc1ccccc1CNC(=O)c1noc2c1CC(C)CC2.O=C(NCc1ccc(O)cc1)c1noc2c1CCCC2.O=C(NCc1ccccc1Cl)c1noc2c1CCCC2. The van der Waals surface area contributed by atoms with Gasteiger partial charge in [-0.1, -0.05) is 196 Å². The molecule has 0 fully saturated rings. The molecule has 6 aromatic heterocycles. The molecule has 8 N–H and O–H groups in total. The Morgan fingerprint density at radius 1 is 0.437 bits per heavy atom. The summed E-state index contributed by atoms with van der Waals surface area (Å²) >= 11 is 6.06. The van der Waals surface area contributed by atoms with E-state index in [1.165, 1.54) is 11.1 Å². The van der Waals surface area contributed by atoms with Crippen LogP contribution in [0.4, 0.5) is 0 Å². The molecule has 0 spiro atoms. The van der Waals surface area contributed by atoms with E-state index in [0.717, 1.165) is 243 Å². The molecule has 0 aliphatic heterocycles. The van der Waals surface area contributed by atoms with Gasteiger partial charge in [0.25, 0.3) is 35.4 Å². The lowest BCUT2D eigenvalue weighted by molar-refractivity contribution is 0.0893. The third-order valence-electron chi connectivity index (χ3n) is 24.0. The van der Waals surface area contributed by atoms with E-state index in [2.05, 4.69) is 76.7 Å². The Bertz CT molecular complexity index is 5670. The Morgan fingerprint density at radius 2 is 0.865 bits per heavy atom. The number of fused-ring (bicyclic) bond motifs is 6. The highest BCUT2D eigenvalue weighted by Crippen LogP contribution is 2.34. The fourth-order valence-corrected chi connectivity index (χ4v) is 16.9. The van der Waals surface area contributed by atoms with Crippen LogP contribution in [0.3, 0.4) is 0 Å². The molecule has 6 aliphatic rings. The third kappa shape index (κ3) is 23.7. The number of aryl methyl sites for hydroxylation is 8. The smallest absolute Gasteiger partial charge is 0.290 e. The van der Waals surface area contributed by atoms with Crippen molar-refractivity contribution in [1.82, 2.24) is 62.8 Å². The molecule has 4 unspecified atom stereocenters. The maximum atomic E-state index is 12.6. The third-order valence-corrected chi connectivity index (χ3v) is 24.4. The summed E-state index contributed by atoms with van der Waals surface area (Å²) in [5.74, 6) is 4.95. The van der Waals surface area contributed by atoms with Crippen LogP contribution in [-0.4, -0.2) is 83.2 Å². The lowest BCUT2D eigenvalue weighted by atomic mass is 9.88. The van der Waals surface area contributed by atoms with Crippen molar-refractivity contribution in [2.45, 2.75) is 233 Å². The lowest BCUT2D eigenvalue weighted by Gasteiger charge is -2.26. The molecule has 6 heterocycles. The lowest BCUT2D eigenvalue weighted by Crippen LogP contribution is -2.41. The van der Waals surface area contributed by atoms with Gasteiger partial charge < -0.3 is 69.3 Å². The zero-order valence-corrected chi connectivity index (χ0v) is 73.5. The van der Waals surface area contributed by atoms with Gasteiger partial charge in [-0.25, -0.2) is 0 Å². The van der Waals surface area contributed by atoms with Gasteiger partial charge in [-0.05, 0) is 225 Å². The predicted molar refractivity (Wildman–Crippen MR) is 475 cm³/mol. The second-order valence-corrected chi connectivity index (χ2v) is 34.2. The van der Waals surface area contributed by atoms with Crippen LogP contribution in [0.25, 0.3) is 0 Å². The van der Waals surface area contributed by atoms with E-state index in [1.54, 1.807) is 30.3 Å². The molecular formula is C99H113ClN12O14. The number of benzene rings is 6. The molecular weight excluding hydrogens is 1620 g/mol. The number of aliphatic hydroxyl groups is 1. The van der Waals surface area contributed by atoms with Crippen LogP contribution in [0.1, 0.15) is 293 Å².